The van der Waals surface area contributed by atoms with E-state index in [0.717, 1.165) is 5.56 Å². The number of benzene rings is 2. The Morgan fingerprint density at radius 3 is 2.65 bits per heavy atom. The molecule has 1 N–H and O–H groups in total. The highest BCUT2D eigenvalue weighted by atomic mass is 32.2. The Morgan fingerprint density at radius 2 is 1.87 bits per heavy atom. The molecule has 4 nitrogen and oxygen atoms in total. The highest BCUT2D eigenvalue weighted by Gasteiger charge is 2.30. The van der Waals surface area contributed by atoms with Crippen molar-refractivity contribution in [3.63, 3.8) is 0 Å². The summed E-state index contributed by atoms with van der Waals surface area (Å²) in [6.45, 7) is 0. The van der Waals surface area contributed by atoms with Crippen LogP contribution in [-0.2, 0) is 11.2 Å². The predicted molar refractivity (Wildman–Crippen MR) is 91.1 cm³/mol. The summed E-state index contributed by atoms with van der Waals surface area (Å²) >= 11 is 1.33. The normalized spacial score (nSPS) is 19.4. The van der Waals surface area contributed by atoms with Gasteiger partial charge in [0.15, 0.2) is 5.17 Å². The molecule has 1 saturated heterocycles. The van der Waals surface area contributed by atoms with Gasteiger partial charge in [-0.2, -0.15) is 5.10 Å². The van der Waals surface area contributed by atoms with Crippen LogP contribution < -0.4 is 5.32 Å². The van der Waals surface area contributed by atoms with Gasteiger partial charge in [-0.1, -0.05) is 60.3 Å². The Labute approximate surface area is 137 Å². The van der Waals surface area contributed by atoms with E-state index in [2.05, 4.69) is 15.5 Å². The van der Waals surface area contributed by atoms with Crippen molar-refractivity contribution in [2.45, 2.75) is 11.7 Å². The molecule has 1 atom stereocenters. The average molecular weight is 327 g/mol. The van der Waals surface area contributed by atoms with Crippen molar-refractivity contribution in [3.05, 3.63) is 71.5 Å². The minimum absolute atomic E-state index is 0.0845. The van der Waals surface area contributed by atoms with Crippen molar-refractivity contribution in [1.29, 1.82) is 0 Å². The maximum Gasteiger partial charge on any atom is 0.239 e. The largest absolute Gasteiger partial charge is 0.303 e. The second kappa shape index (κ2) is 7.19. The number of carbonyl (C=O) groups excluding carboxylic acids is 1. The zero-order valence-corrected chi connectivity index (χ0v) is 13.0. The topological polar surface area (TPSA) is 53.8 Å². The van der Waals surface area contributed by atoms with Crippen molar-refractivity contribution >= 4 is 29.1 Å². The van der Waals surface area contributed by atoms with Gasteiger partial charge in [0.2, 0.25) is 5.91 Å². The molecule has 0 aromatic heterocycles. The summed E-state index contributed by atoms with van der Waals surface area (Å²) in [6.07, 6.45) is 1.97. The number of nitrogens with one attached hydrogen (secondary N) is 1. The minimum atomic E-state index is -0.360. The molecule has 0 unspecified atom stereocenters. The lowest BCUT2D eigenvalue weighted by Crippen LogP contribution is -2.25. The molecule has 0 aliphatic carbocycles. The van der Waals surface area contributed by atoms with Crippen LogP contribution in [0.4, 0.5) is 4.39 Å². The third-order valence-corrected chi connectivity index (χ3v) is 4.36. The molecule has 1 aliphatic rings. The number of rotatable bonds is 4. The average Bonchev–Trinajstić information content (AvgIpc) is 2.90. The lowest BCUT2D eigenvalue weighted by Gasteiger charge is -2.04. The van der Waals surface area contributed by atoms with E-state index < -0.39 is 0 Å². The summed E-state index contributed by atoms with van der Waals surface area (Å²) in [7, 11) is 0. The Bertz CT molecular complexity index is 761. The van der Waals surface area contributed by atoms with Gasteiger partial charge in [0.1, 0.15) is 5.82 Å². The van der Waals surface area contributed by atoms with Crippen LogP contribution in [0.25, 0.3) is 0 Å². The van der Waals surface area contributed by atoms with Crippen molar-refractivity contribution in [1.82, 2.24) is 5.32 Å². The fourth-order valence-corrected chi connectivity index (χ4v) is 3.10. The zero-order chi connectivity index (χ0) is 16.1. The Kier molecular flexibility index (Phi) is 4.83. The number of nitrogens with zero attached hydrogens (tertiary/aromatic N) is 2. The predicted octanol–water partition coefficient (Wildman–Crippen LogP) is 2.99. The smallest absolute Gasteiger partial charge is 0.239 e. The number of carbonyl (C=O) groups is 1. The third kappa shape index (κ3) is 4.04. The number of thioether (sulfide) groups is 1. The Hall–Kier alpha value is -2.47. The van der Waals surface area contributed by atoms with E-state index in [4.69, 9.17) is 0 Å². The van der Waals surface area contributed by atoms with E-state index >= 15 is 0 Å². The quantitative estimate of drug-likeness (QED) is 0.693. The number of hydrogen-bond acceptors (Lipinski definition) is 4. The van der Waals surface area contributed by atoms with Crippen molar-refractivity contribution in [3.8, 4) is 0 Å². The van der Waals surface area contributed by atoms with Gasteiger partial charge in [-0.3, -0.25) is 4.79 Å². The molecule has 116 valence electrons. The van der Waals surface area contributed by atoms with Gasteiger partial charge in [0.05, 0.1) is 11.5 Å². The third-order valence-electron chi connectivity index (χ3n) is 3.29. The summed E-state index contributed by atoms with van der Waals surface area (Å²) in [6, 6.07) is 16.1. The Balaban J connectivity index is 1.64. The lowest BCUT2D eigenvalue weighted by molar-refractivity contribution is -0.118. The van der Waals surface area contributed by atoms with E-state index in [9.17, 15) is 9.18 Å². The molecule has 3 rings (SSSR count). The first kappa shape index (κ1) is 15.4. The number of amides is 1. The van der Waals surface area contributed by atoms with Crippen LogP contribution in [0.15, 0.2) is 64.8 Å². The fourth-order valence-electron chi connectivity index (χ4n) is 2.14. The fraction of sp³-hybridized carbons (Fsp3) is 0.118. The van der Waals surface area contributed by atoms with Crippen LogP contribution in [-0.4, -0.2) is 22.5 Å². The van der Waals surface area contributed by atoms with E-state index in [0.29, 0.717) is 17.2 Å². The second-order valence-electron chi connectivity index (χ2n) is 4.96. The van der Waals surface area contributed by atoms with E-state index in [-0.39, 0.29) is 17.0 Å². The van der Waals surface area contributed by atoms with E-state index in [1.165, 1.54) is 24.0 Å². The van der Waals surface area contributed by atoms with Crippen molar-refractivity contribution in [2.75, 3.05) is 0 Å². The van der Waals surface area contributed by atoms with Crippen molar-refractivity contribution < 1.29 is 9.18 Å². The van der Waals surface area contributed by atoms with Crippen LogP contribution >= 0.6 is 11.8 Å². The van der Waals surface area contributed by atoms with Crippen LogP contribution in [0.5, 0.6) is 0 Å². The molecule has 1 fully saturated rings. The van der Waals surface area contributed by atoms with Gasteiger partial charge in [0, 0.05) is 5.56 Å². The summed E-state index contributed by atoms with van der Waals surface area (Å²) in [5.41, 5.74) is 1.45. The van der Waals surface area contributed by atoms with Gasteiger partial charge in [-0.15, -0.1) is 5.10 Å². The van der Waals surface area contributed by atoms with Gasteiger partial charge >= 0.3 is 0 Å². The molecule has 1 aliphatic heterocycles. The van der Waals surface area contributed by atoms with Gasteiger partial charge in [-0.25, -0.2) is 4.39 Å². The second-order valence-corrected chi connectivity index (χ2v) is 6.15. The Morgan fingerprint density at radius 1 is 1.13 bits per heavy atom. The summed E-state index contributed by atoms with van der Waals surface area (Å²) in [5.74, 6) is -0.444. The minimum Gasteiger partial charge on any atom is -0.303 e. The zero-order valence-electron chi connectivity index (χ0n) is 12.1. The molecular formula is C17H14FN3OS. The highest BCUT2D eigenvalue weighted by molar-refractivity contribution is 8.15. The summed E-state index contributed by atoms with van der Waals surface area (Å²) in [5, 5.41) is 10.7. The molecule has 0 radical (unpaired) electrons. The monoisotopic (exact) mass is 327 g/mol. The molecule has 6 heteroatoms. The molecule has 1 amide bonds. The molecule has 23 heavy (non-hydrogen) atoms. The van der Waals surface area contributed by atoms with Crippen LogP contribution in [0.3, 0.4) is 0 Å². The summed E-state index contributed by atoms with van der Waals surface area (Å²) < 4.78 is 13.4. The molecular weight excluding hydrogens is 313 g/mol. The molecule has 0 spiro atoms. The number of hydrogen-bond donors (Lipinski definition) is 1. The molecule has 2 aromatic carbocycles. The first-order valence-electron chi connectivity index (χ1n) is 7.09. The molecule has 1 heterocycles. The SMILES string of the molecule is O=C1N/C(=N/N=C\c2ccccc2F)S[C@@H]1Cc1ccccc1. The van der Waals surface area contributed by atoms with Crippen LogP contribution in [0, 0.1) is 5.82 Å². The molecule has 2 aromatic rings. The van der Waals surface area contributed by atoms with Crippen LogP contribution in [0.2, 0.25) is 0 Å². The maximum absolute atomic E-state index is 13.4. The van der Waals surface area contributed by atoms with Crippen molar-refractivity contribution in [2.24, 2.45) is 10.2 Å². The van der Waals surface area contributed by atoms with Crippen LogP contribution in [0.1, 0.15) is 11.1 Å². The summed E-state index contributed by atoms with van der Waals surface area (Å²) in [4.78, 5) is 12.0. The first-order valence-corrected chi connectivity index (χ1v) is 7.97. The van der Waals surface area contributed by atoms with Gasteiger partial charge < -0.3 is 5.32 Å². The van der Waals surface area contributed by atoms with Gasteiger partial charge in [0.25, 0.3) is 0 Å². The molecule has 0 saturated carbocycles. The number of amidine groups is 1. The maximum atomic E-state index is 13.4. The highest BCUT2D eigenvalue weighted by Crippen LogP contribution is 2.23. The van der Waals surface area contributed by atoms with E-state index in [1.807, 2.05) is 30.3 Å². The molecule has 0 bridgehead atoms. The lowest BCUT2D eigenvalue weighted by atomic mass is 10.1. The standard InChI is InChI=1S/C17H14FN3OS/c18-14-9-5-4-8-13(14)11-19-21-17-20-16(22)15(23-17)10-12-6-2-1-3-7-12/h1-9,11,15H,10H2,(H,20,21,22)/b19-11-/t15-/m1/s1. The van der Waals surface area contributed by atoms with Gasteiger partial charge in [-0.05, 0) is 18.1 Å². The first-order chi connectivity index (χ1) is 11.2. The van der Waals surface area contributed by atoms with E-state index in [1.54, 1.807) is 18.2 Å². The number of halogens is 1.